The highest BCUT2D eigenvalue weighted by Crippen LogP contribution is 2.22. The molecule has 1 aromatic rings. The lowest BCUT2D eigenvalue weighted by Gasteiger charge is -2.34. The van der Waals surface area contributed by atoms with Crippen LogP contribution in [0.3, 0.4) is 0 Å². The molecule has 1 fully saturated rings. The van der Waals surface area contributed by atoms with E-state index < -0.39 is 5.97 Å². The molecule has 2 amide bonds. The molecule has 2 N–H and O–H groups in total. The number of carbonyl (C=O) groups excluding carboxylic acids is 1. The van der Waals surface area contributed by atoms with Gasteiger partial charge in [-0.05, 0) is 31.2 Å². The Morgan fingerprint density at radius 1 is 1.48 bits per heavy atom. The van der Waals surface area contributed by atoms with Crippen molar-refractivity contribution in [3.63, 3.8) is 0 Å². The second kappa shape index (κ2) is 9.03. The van der Waals surface area contributed by atoms with Gasteiger partial charge in [0.1, 0.15) is 0 Å². The molecule has 0 radical (unpaired) electrons. The molecule has 0 spiro atoms. The van der Waals surface area contributed by atoms with Crippen LogP contribution in [0.15, 0.2) is 18.2 Å². The van der Waals surface area contributed by atoms with E-state index in [2.05, 4.69) is 5.32 Å². The molecular formula is C17H24ClN3O4. The van der Waals surface area contributed by atoms with Crippen LogP contribution in [0, 0.1) is 0 Å². The molecule has 1 unspecified atom stereocenters. The summed E-state index contributed by atoms with van der Waals surface area (Å²) < 4.78 is 5.63. The third kappa shape index (κ3) is 5.88. The van der Waals surface area contributed by atoms with Gasteiger partial charge in [-0.1, -0.05) is 24.6 Å². The number of aliphatic carboxylic acids is 1. The lowest BCUT2D eigenvalue weighted by molar-refractivity contribution is -0.138. The first-order valence-corrected chi connectivity index (χ1v) is 8.63. The summed E-state index contributed by atoms with van der Waals surface area (Å²) >= 11 is 6.18. The maximum absolute atomic E-state index is 12.5. The second-order valence-corrected chi connectivity index (χ2v) is 6.53. The molecular weight excluding hydrogens is 346 g/mol. The molecule has 25 heavy (non-hydrogen) atoms. The molecule has 2 rings (SSSR count). The minimum absolute atomic E-state index is 0.0612. The van der Waals surface area contributed by atoms with Crippen LogP contribution in [0.2, 0.25) is 5.02 Å². The summed E-state index contributed by atoms with van der Waals surface area (Å²) in [4.78, 5) is 26.5. The fourth-order valence-electron chi connectivity index (χ4n) is 2.77. The number of benzene rings is 1. The van der Waals surface area contributed by atoms with Gasteiger partial charge >= 0.3 is 12.0 Å². The normalized spacial score (nSPS) is 17.6. The van der Waals surface area contributed by atoms with Crippen LogP contribution in [0.25, 0.3) is 0 Å². The van der Waals surface area contributed by atoms with E-state index >= 15 is 0 Å². The standard InChI is InChI=1S/C17H24ClN3O4/c1-3-12-4-5-13(8-15(12)18)19-17(24)21-6-7-25-14(10-21)9-20(2)11-16(22)23/h4-5,8,14H,3,6-7,9-11H2,1-2H3,(H,19,24)(H,22,23). The van der Waals surface area contributed by atoms with Gasteiger partial charge in [0.2, 0.25) is 0 Å². The van der Waals surface area contributed by atoms with Crippen molar-refractivity contribution in [2.45, 2.75) is 19.4 Å². The molecule has 1 aliphatic rings. The summed E-state index contributed by atoms with van der Waals surface area (Å²) in [5, 5.41) is 12.3. The number of carboxylic acids is 1. The van der Waals surface area contributed by atoms with E-state index in [9.17, 15) is 9.59 Å². The van der Waals surface area contributed by atoms with Gasteiger partial charge in [-0.3, -0.25) is 9.69 Å². The molecule has 1 saturated heterocycles. The molecule has 1 heterocycles. The average molecular weight is 370 g/mol. The Labute approximate surface area is 152 Å². The Bertz CT molecular complexity index is 626. The van der Waals surface area contributed by atoms with E-state index in [-0.39, 0.29) is 18.7 Å². The van der Waals surface area contributed by atoms with Crippen molar-refractivity contribution in [3.05, 3.63) is 28.8 Å². The lowest BCUT2D eigenvalue weighted by atomic mass is 10.1. The number of hydrogen-bond acceptors (Lipinski definition) is 4. The molecule has 1 atom stereocenters. The van der Waals surface area contributed by atoms with Gasteiger partial charge in [-0.25, -0.2) is 4.79 Å². The summed E-state index contributed by atoms with van der Waals surface area (Å²) in [6.07, 6.45) is 0.622. The Morgan fingerprint density at radius 3 is 2.88 bits per heavy atom. The molecule has 1 aliphatic heterocycles. The van der Waals surface area contributed by atoms with Gasteiger partial charge < -0.3 is 20.1 Å². The van der Waals surface area contributed by atoms with Gasteiger partial charge in [-0.2, -0.15) is 0 Å². The molecule has 0 saturated carbocycles. The Hall–Kier alpha value is -1.83. The number of urea groups is 1. The van der Waals surface area contributed by atoms with Crippen LogP contribution in [0.5, 0.6) is 0 Å². The van der Waals surface area contributed by atoms with Crippen LogP contribution >= 0.6 is 11.6 Å². The number of carbonyl (C=O) groups is 2. The zero-order valence-corrected chi connectivity index (χ0v) is 15.3. The first-order chi connectivity index (χ1) is 11.9. The number of likely N-dealkylation sites (N-methyl/N-ethyl adjacent to an activating group) is 1. The maximum Gasteiger partial charge on any atom is 0.322 e. The monoisotopic (exact) mass is 369 g/mol. The molecule has 138 valence electrons. The maximum atomic E-state index is 12.5. The van der Waals surface area contributed by atoms with Crippen molar-refractivity contribution in [1.82, 2.24) is 9.80 Å². The average Bonchev–Trinajstić information content (AvgIpc) is 2.54. The van der Waals surface area contributed by atoms with E-state index in [4.69, 9.17) is 21.4 Å². The predicted octanol–water partition coefficient (Wildman–Crippen LogP) is 2.15. The number of ether oxygens (including phenoxy) is 1. The first kappa shape index (κ1) is 19.5. The highest BCUT2D eigenvalue weighted by atomic mass is 35.5. The van der Waals surface area contributed by atoms with E-state index in [0.29, 0.717) is 37.0 Å². The number of nitrogens with zero attached hydrogens (tertiary/aromatic N) is 2. The van der Waals surface area contributed by atoms with Crippen LogP contribution in [0.1, 0.15) is 12.5 Å². The number of rotatable bonds is 6. The zero-order chi connectivity index (χ0) is 18.4. The Kier molecular flexibility index (Phi) is 7.04. The van der Waals surface area contributed by atoms with Crippen molar-refractivity contribution < 1.29 is 19.4 Å². The molecule has 0 bridgehead atoms. The summed E-state index contributed by atoms with van der Waals surface area (Å²) in [6.45, 7) is 3.74. The number of nitrogens with one attached hydrogen (secondary N) is 1. The van der Waals surface area contributed by atoms with Crippen molar-refractivity contribution in [2.24, 2.45) is 0 Å². The molecule has 7 nitrogen and oxygen atoms in total. The van der Waals surface area contributed by atoms with Crippen molar-refractivity contribution in [3.8, 4) is 0 Å². The topological polar surface area (TPSA) is 82.1 Å². The van der Waals surface area contributed by atoms with Crippen molar-refractivity contribution in [1.29, 1.82) is 0 Å². The predicted molar refractivity (Wildman–Crippen MR) is 96.3 cm³/mol. The highest BCUT2D eigenvalue weighted by Gasteiger charge is 2.25. The molecule has 1 aromatic carbocycles. The third-order valence-electron chi connectivity index (χ3n) is 4.03. The number of halogens is 1. The summed E-state index contributed by atoms with van der Waals surface area (Å²) in [6, 6.07) is 5.27. The Balaban J connectivity index is 1.90. The van der Waals surface area contributed by atoms with Crippen molar-refractivity contribution >= 4 is 29.3 Å². The van der Waals surface area contributed by atoms with Gasteiger partial charge in [0, 0.05) is 30.3 Å². The second-order valence-electron chi connectivity index (χ2n) is 6.12. The smallest absolute Gasteiger partial charge is 0.322 e. The summed E-state index contributed by atoms with van der Waals surface area (Å²) in [5.41, 5.74) is 1.69. The SMILES string of the molecule is CCc1ccc(NC(=O)N2CCOC(CN(C)CC(=O)O)C2)cc1Cl. The minimum Gasteiger partial charge on any atom is -0.480 e. The van der Waals surface area contributed by atoms with Crippen LogP contribution in [-0.2, 0) is 16.0 Å². The zero-order valence-electron chi connectivity index (χ0n) is 14.5. The number of anilines is 1. The number of amides is 2. The number of aryl methyl sites for hydroxylation is 1. The summed E-state index contributed by atoms with van der Waals surface area (Å²) in [7, 11) is 1.72. The van der Waals surface area contributed by atoms with E-state index in [1.165, 1.54) is 0 Å². The third-order valence-corrected chi connectivity index (χ3v) is 4.38. The van der Waals surface area contributed by atoms with Gasteiger partial charge in [-0.15, -0.1) is 0 Å². The van der Waals surface area contributed by atoms with Crippen LogP contribution < -0.4 is 5.32 Å². The fraction of sp³-hybridized carbons (Fsp3) is 0.529. The number of morpholine rings is 1. The number of carboxylic acid groups (broad SMARTS) is 1. The fourth-order valence-corrected chi connectivity index (χ4v) is 3.09. The van der Waals surface area contributed by atoms with Gasteiger partial charge in [0.15, 0.2) is 0 Å². The quantitative estimate of drug-likeness (QED) is 0.803. The molecule has 8 heteroatoms. The Morgan fingerprint density at radius 2 is 2.24 bits per heavy atom. The van der Waals surface area contributed by atoms with Crippen LogP contribution in [0.4, 0.5) is 10.5 Å². The largest absolute Gasteiger partial charge is 0.480 e. The minimum atomic E-state index is -0.889. The first-order valence-electron chi connectivity index (χ1n) is 8.25. The molecule has 0 aliphatic carbocycles. The highest BCUT2D eigenvalue weighted by molar-refractivity contribution is 6.31. The van der Waals surface area contributed by atoms with Crippen LogP contribution in [-0.4, -0.2) is 72.8 Å². The van der Waals surface area contributed by atoms with E-state index in [1.54, 1.807) is 22.9 Å². The van der Waals surface area contributed by atoms with Gasteiger partial charge in [0.05, 0.1) is 19.3 Å². The van der Waals surface area contributed by atoms with E-state index in [1.807, 2.05) is 19.1 Å². The summed E-state index contributed by atoms with van der Waals surface area (Å²) in [5.74, 6) is -0.889. The number of hydrogen-bond donors (Lipinski definition) is 2. The van der Waals surface area contributed by atoms with Gasteiger partial charge in [0.25, 0.3) is 0 Å². The lowest BCUT2D eigenvalue weighted by Crippen LogP contribution is -2.50. The van der Waals surface area contributed by atoms with E-state index in [0.717, 1.165) is 12.0 Å². The molecule has 0 aromatic heterocycles. The van der Waals surface area contributed by atoms with Crippen molar-refractivity contribution in [2.75, 3.05) is 45.2 Å².